The molecule has 0 saturated heterocycles. The Kier molecular flexibility index (Phi) is 5.79. The third kappa shape index (κ3) is 5.53. The smallest absolute Gasteiger partial charge is 0.293 e. The highest BCUT2D eigenvalue weighted by molar-refractivity contribution is 5.36. The Morgan fingerprint density at radius 3 is 2.33 bits per heavy atom. The molecule has 0 aliphatic rings. The van der Waals surface area contributed by atoms with Gasteiger partial charge in [0, 0.05) is 11.9 Å². The van der Waals surface area contributed by atoms with Crippen molar-refractivity contribution in [1.29, 1.82) is 0 Å². The first-order chi connectivity index (χ1) is 5.70. The number of aryl methyl sites for hydroxylation is 2. The van der Waals surface area contributed by atoms with Crippen molar-refractivity contribution in [3.63, 3.8) is 0 Å². The van der Waals surface area contributed by atoms with Crippen molar-refractivity contribution in [3.8, 4) is 0 Å². The second kappa shape index (κ2) is 6.46. The number of carbonyl (C=O) groups excluding carboxylic acids is 1. The van der Waals surface area contributed by atoms with Gasteiger partial charge in [0.25, 0.3) is 6.47 Å². The Balaban J connectivity index is 0.000000217. The summed E-state index contributed by atoms with van der Waals surface area (Å²) < 4.78 is 4.15. The average Bonchev–Trinajstić information content (AvgIpc) is 2.38. The summed E-state index contributed by atoms with van der Waals surface area (Å²) in [4.78, 5) is 12.3. The fourth-order valence-corrected chi connectivity index (χ4v) is 0.721. The summed E-state index contributed by atoms with van der Waals surface area (Å²) in [6.45, 7) is 6.79. The standard InChI is InChI=1S/C6H9N.C3H6O2/c1-5-3-6(2)7-4-5;1-2-5-3-4/h3-4,7H,1-2H3;3H,2H2,1H3. The highest BCUT2D eigenvalue weighted by atomic mass is 16.5. The summed E-state index contributed by atoms with van der Waals surface area (Å²) in [6, 6.07) is 2.11. The third-order valence-electron chi connectivity index (χ3n) is 1.21. The molecular weight excluding hydrogens is 154 g/mol. The summed E-state index contributed by atoms with van der Waals surface area (Å²) in [5, 5.41) is 0. The van der Waals surface area contributed by atoms with Crippen LogP contribution < -0.4 is 0 Å². The van der Waals surface area contributed by atoms with Crippen molar-refractivity contribution in [3.05, 3.63) is 23.5 Å². The van der Waals surface area contributed by atoms with E-state index in [1.54, 1.807) is 6.92 Å². The zero-order chi connectivity index (χ0) is 9.40. The topological polar surface area (TPSA) is 42.1 Å². The predicted molar refractivity (Wildman–Crippen MR) is 48.0 cm³/mol. The Morgan fingerprint density at radius 1 is 1.58 bits per heavy atom. The van der Waals surface area contributed by atoms with Crippen molar-refractivity contribution in [2.45, 2.75) is 20.8 Å². The van der Waals surface area contributed by atoms with Crippen LogP contribution in [0.3, 0.4) is 0 Å². The molecular formula is C9H15NO2. The van der Waals surface area contributed by atoms with Crippen LogP contribution in [0.15, 0.2) is 12.3 Å². The number of rotatable bonds is 2. The van der Waals surface area contributed by atoms with Crippen molar-refractivity contribution < 1.29 is 9.53 Å². The monoisotopic (exact) mass is 169 g/mol. The Morgan fingerprint density at radius 2 is 2.25 bits per heavy atom. The van der Waals surface area contributed by atoms with Gasteiger partial charge in [-0.1, -0.05) is 0 Å². The number of aromatic amines is 1. The van der Waals surface area contributed by atoms with Gasteiger partial charge in [-0.05, 0) is 32.4 Å². The van der Waals surface area contributed by atoms with E-state index in [0.717, 1.165) is 0 Å². The van der Waals surface area contributed by atoms with E-state index in [4.69, 9.17) is 0 Å². The normalized spacial score (nSPS) is 8.25. The third-order valence-corrected chi connectivity index (χ3v) is 1.21. The Hall–Kier alpha value is -1.25. The highest BCUT2D eigenvalue weighted by Gasteiger charge is 1.82. The average molecular weight is 169 g/mol. The SMILES string of the molecule is CCOC=O.Cc1c[nH]c(C)c1. The lowest BCUT2D eigenvalue weighted by Gasteiger charge is -1.79. The molecule has 3 nitrogen and oxygen atoms in total. The largest absolute Gasteiger partial charge is 0.468 e. The summed E-state index contributed by atoms with van der Waals surface area (Å²) in [5.41, 5.74) is 2.54. The first-order valence-electron chi connectivity index (χ1n) is 3.87. The fraction of sp³-hybridized carbons (Fsp3) is 0.444. The molecule has 12 heavy (non-hydrogen) atoms. The molecule has 0 unspecified atom stereocenters. The number of hydrogen-bond acceptors (Lipinski definition) is 2. The van der Waals surface area contributed by atoms with Crippen LogP contribution in [0.1, 0.15) is 18.2 Å². The van der Waals surface area contributed by atoms with Crippen LogP contribution in [0.4, 0.5) is 0 Å². The number of nitrogens with one attached hydrogen (secondary N) is 1. The van der Waals surface area contributed by atoms with Gasteiger partial charge in [0.05, 0.1) is 6.61 Å². The molecule has 0 amide bonds. The number of hydrogen-bond donors (Lipinski definition) is 1. The van der Waals surface area contributed by atoms with E-state index >= 15 is 0 Å². The van der Waals surface area contributed by atoms with Crippen LogP contribution in [0.25, 0.3) is 0 Å². The van der Waals surface area contributed by atoms with E-state index in [1.807, 2.05) is 13.1 Å². The lowest BCUT2D eigenvalue weighted by Crippen LogP contribution is -1.80. The first kappa shape index (κ1) is 10.8. The van der Waals surface area contributed by atoms with Gasteiger partial charge in [0.2, 0.25) is 0 Å². The molecule has 0 spiro atoms. The van der Waals surface area contributed by atoms with E-state index < -0.39 is 0 Å². The maximum atomic E-state index is 9.18. The molecule has 0 atom stereocenters. The lowest BCUT2D eigenvalue weighted by atomic mass is 10.4. The van der Waals surface area contributed by atoms with Gasteiger partial charge >= 0.3 is 0 Å². The van der Waals surface area contributed by atoms with Crippen LogP contribution in [0, 0.1) is 13.8 Å². The number of carbonyl (C=O) groups is 1. The summed E-state index contributed by atoms with van der Waals surface area (Å²) in [7, 11) is 0. The quantitative estimate of drug-likeness (QED) is 0.686. The van der Waals surface area contributed by atoms with Crippen molar-refractivity contribution >= 4 is 6.47 Å². The number of ether oxygens (including phenoxy) is 1. The molecule has 0 fully saturated rings. The molecule has 0 saturated carbocycles. The minimum atomic E-state index is 0.431. The zero-order valence-electron chi connectivity index (χ0n) is 7.76. The molecule has 68 valence electrons. The number of H-pyrrole nitrogens is 1. The fourth-order valence-electron chi connectivity index (χ4n) is 0.721. The maximum Gasteiger partial charge on any atom is 0.293 e. The molecule has 0 bridgehead atoms. The molecule has 3 heteroatoms. The van der Waals surface area contributed by atoms with Gasteiger partial charge in [-0.2, -0.15) is 0 Å². The van der Waals surface area contributed by atoms with Gasteiger partial charge in [-0.25, -0.2) is 0 Å². The van der Waals surface area contributed by atoms with Crippen LogP contribution >= 0.6 is 0 Å². The van der Waals surface area contributed by atoms with E-state index in [0.29, 0.717) is 13.1 Å². The van der Waals surface area contributed by atoms with E-state index in [-0.39, 0.29) is 0 Å². The lowest BCUT2D eigenvalue weighted by molar-refractivity contribution is -0.128. The molecule has 1 aromatic heterocycles. The first-order valence-corrected chi connectivity index (χ1v) is 3.87. The predicted octanol–water partition coefficient (Wildman–Crippen LogP) is 1.81. The van der Waals surface area contributed by atoms with Gasteiger partial charge in [-0.15, -0.1) is 0 Å². The van der Waals surface area contributed by atoms with Crippen LogP contribution in [0.2, 0.25) is 0 Å². The molecule has 1 heterocycles. The molecule has 1 rings (SSSR count). The molecule has 0 aliphatic heterocycles. The van der Waals surface area contributed by atoms with E-state index in [2.05, 4.69) is 22.7 Å². The summed E-state index contributed by atoms with van der Waals surface area (Å²) in [6.07, 6.45) is 2.00. The molecule has 0 radical (unpaired) electrons. The minimum absolute atomic E-state index is 0.431. The van der Waals surface area contributed by atoms with Gasteiger partial charge < -0.3 is 9.72 Å². The molecule has 1 N–H and O–H groups in total. The highest BCUT2D eigenvalue weighted by Crippen LogP contribution is 1.97. The van der Waals surface area contributed by atoms with Crippen LogP contribution in [-0.2, 0) is 9.53 Å². The second-order valence-corrected chi connectivity index (χ2v) is 2.41. The molecule has 1 aromatic rings. The van der Waals surface area contributed by atoms with Crippen LogP contribution in [-0.4, -0.2) is 18.1 Å². The van der Waals surface area contributed by atoms with Crippen molar-refractivity contribution in [2.75, 3.05) is 6.61 Å². The van der Waals surface area contributed by atoms with E-state index in [1.165, 1.54) is 11.3 Å². The summed E-state index contributed by atoms with van der Waals surface area (Å²) in [5.74, 6) is 0. The van der Waals surface area contributed by atoms with Gasteiger partial charge in [0.15, 0.2) is 0 Å². The molecule has 0 aliphatic carbocycles. The zero-order valence-corrected chi connectivity index (χ0v) is 7.76. The van der Waals surface area contributed by atoms with Crippen molar-refractivity contribution in [1.82, 2.24) is 4.98 Å². The van der Waals surface area contributed by atoms with Crippen LogP contribution in [0.5, 0.6) is 0 Å². The van der Waals surface area contributed by atoms with Gasteiger partial charge in [-0.3, -0.25) is 4.79 Å². The number of aromatic nitrogens is 1. The Bertz CT molecular complexity index is 202. The Labute approximate surface area is 72.7 Å². The maximum absolute atomic E-state index is 9.18. The van der Waals surface area contributed by atoms with E-state index in [9.17, 15) is 4.79 Å². The molecule has 0 aromatic carbocycles. The second-order valence-electron chi connectivity index (χ2n) is 2.41. The summed E-state index contributed by atoms with van der Waals surface area (Å²) >= 11 is 0. The van der Waals surface area contributed by atoms with Gasteiger partial charge in [0.1, 0.15) is 0 Å². The van der Waals surface area contributed by atoms with Crippen molar-refractivity contribution in [2.24, 2.45) is 0 Å². The minimum Gasteiger partial charge on any atom is -0.468 e.